The Morgan fingerprint density at radius 2 is 2.22 bits per heavy atom. The second kappa shape index (κ2) is 5.83. The Bertz CT molecular complexity index is 453. The number of nitrogens with one attached hydrogen (secondary N) is 1. The van der Waals surface area contributed by atoms with E-state index < -0.39 is 0 Å². The highest BCUT2D eigenvalue weighted by molar-refractivity contribution is 5.57. The summed E-state index contributed by atoms with van der Waals surface area (Å²) < 4.78 is 13.0. The predicted molar refractivity (Wildman–Crippen MR) is 69.9 cm³/mol. The summed E-state index contributed by atoms with van der Waals surface area (Å²) in [5.41, 5.74) is 1.13. The average molecular weight is 247 g/mol. The van der Waals surface area contributed by atoms with Crippen molar-refractivity contribution in [2.45, 2.75) is 25.3 Å². The Labute approximate surface area is 107 Å². The monoisotopic (exact) mass is 247 g/mol. The van der Waals surface area contributed by atoms with Gasteiger partial charge in [-0.1, -0.05) is 0 Å². The van der Waals surface area contributed by atoms with E-state index in [0.29, 0.717) is 11.6 Å². The number of nitriles is 1. The van der Waals surface area contributed by atoms with E-state index in [1.165, 1.54) is 12.1 Å². The van der Waals surface area contributed by atoms with Crippen molar-refractivity contribution in [1.29, 1.82) is 5.26 Å². The molecule has 1 aliphatic rings. The molecule has 0 aromatic heterocycles. The van der Waals surface area contributed by atoms with Gasteiger partial charge in [0.1, 0.15) is 11.9 Å². The minimum Gasteiger partial charge on any atom is -0.381 e. The van der Waals surface area contributed by atoms with E-state index in [-0.39, 0.29) is 5.82 Å². The Morgan fingerprint density at radius 1 is 1.39 bits per heavy atom. The first kappa shape index (κ1) is 12.8. The van der Waals surface area contributed by atoms with Gasteiger partial charge in [-0.15, -0.1) is 0 Å². The molecular formula is C14H18FN3. The second-order valence-corrected chi connectivity index (χ2v) is 4.88. The molecule has 1 aromatic carbocycles. The van der Waals surface area contributed by atoms with Gasteiger partial charge in [-0.3, -0.25) is 0 Å². The van der Waals surface area contributed by atoms with E-state index in [0.717, 1.165) is 38.0 Å². The maximum Gasteiger partial charge on any atom is 0.124 e. The summed E-state index contributed by atoms with van der Waals surface area (Å²) in [6, 6.07) is 6.74. The van der Waals surface area contributed by atoms with Gasteiger partial charge in [-0.05, 0) is 57.6 Å². The number of hydrogen-bond acceptors (Lipinski definition) is 3. The second-order valence-electron chi connectivity index (χ2n) is 4.88. The zero-order chi connectivity index (χ0) is 13.0. The zero-order valence-electron chi connectivity index (χ0n) is 10.6. The normalized spacial score (nSPS) is 21.1. The van der Waals surface area contributed by atoms with Crippen molar-refractivity contribution in [2.75, 3.05) is 25.5 Å². The van der Waals surface area contributed by atoms with Gasteiger partial charge >= 0.3 is 0 Å². The molecule has 1 aliphatic heterocycles. The third-order valence-electron chi connectivity index (χ3n) is 3.41. The fourth-order valence-corrected chi connectivity index (χ4v) is 2.34. The minimum absolute atomic E-state index is 0.363. The lowest BCUT2D eigenvalue weighted by molar-refractivity contribution is 0.348. The molecule has 0 radical (unpaired) electrons. The van der Waals surface area contributed by atoms with Gasteiger partial charge in [0.15, 0.2) is 0 Å². The maximum atomic E-state index is 13.0. The van der Waals surface area contributed by atoms with Crippen LogP contribution < -0.4 is 5.32 Å². The molecule has 1 N–H and O–H groups in total. The molecule has 0 amide bonds. The summed E-state index contributed by atoms with van der Waals surface area (Å²) in [5.74, 6) is -0.363. The fraction of sp³-hybridized carbons (Fsp3) is 0.500. The van der Waals surface area contributed by atoms with E-state index in [2.05, 4.69) is 17.3 Å². The van der Waals surface area contributed by atoms with Crippen LogP contribution in [0.25, 0.3) is 0 Å². The standard InChI is InChI=1S/C14H18FN3/c1-18-7-2-3-13(6-8-18)17-14-5-4-12(15)9-11(14)10-16/h4-5,9,13,17H,2-3,6-8H2,1H3. The first-order chi connectivity index (χ1) is 8.69. The molecule has 4 heteroatoms. The van der Waals surface area contributed by atoms with Gasteiger partial charge in [0, 0.05) is 6.04 Å². The minimum atomic E-state index is -0.363. The molecule has 96 valence electrons. The van der Waals surface area contributed by atoms with Crippen molar-refractivity contribution in [3.63, 3.8) is 0 Å². The fourth-order valence-electron chi connectivity index (χ4n) is 2.34. The van der Waals surface area contributed by atoms with E-state index in [4.69, 9.17) is 5.26 Å². The van der Waals surface area contributed by atoms with Crippen LogP contribution in [0.4, 0.5) is 10.1 Å². The Balaban J connectivity index is 2.07. The molecule has 1 aromatic rings. The van der Waals surface area contributed by atoms with E-state index in [1.807, 2.05) is 6.07 Å². The lowest BCUT2D eigenvalue weighted by Gasteiger charge is -2.18. The number of rotatable bonds is 2. The van der Waals surface area contributed by atoms with Gasteiger partial charge in [-0.25, -0.2) is 4.39 Å². The number of hydrogen-bond donors (Lipinski definition) is 1. The summed E-state index contributed by atoms with van der Waals surface area (Å²) in [6.45, 7) is 2.17. The number of nitrogens with zero attached hydrogens (tertiary/aromatic N) is 2. The SMILES string of the molecule is CN1CCCC(Nc2ccc(F)cc2C#N)CC1. The van der Waals surface area contributed by atoms with Crippen LogP contribution >= 0.6 is 0 Å². The molecule has 1 unspecified atom stereocenters. The summed E-state index contributed by atoms with van der Waals surface area (Å²) in [5, 5.41) is 12.4. The van der Waals surface area contributed by atoms with Crippen LogP contribution in [0.3, 0.4) is 0 Å². The Morgan fingerprint density at radius 3 is 3.00 bits per heavy atom. The van der Waals surface area contributed by atoms with E-state index in [1.54, 1.807) is 6.07 Å². The Kier molecular flexibility index (Phi) is 4.16. The van der Waals surface area contributed by atoms with Crippen molar-refractivity contribution in [2.24, 2.45) is 0 Å². The molecule has 1 heterocycles. The first-order valence-electron chi connectivity index (χ1n) is 6.34. The number of benzene rings is 1. The third-order valence-corrected chi connectivity index (χ3v) is 3.41. The van der Waals surface area contributed by atoms with Gasteiger partial charge in [0.05, 0.1) is 11.3 Å². The first-order valence-corrected chi connectivity index (χ1v) is 6.34. The van der Waals surface area contributed by atoms with Crippen LogP contribution in [0.5, 0.6) is 0 Å². The molecule has 18 heavy (non-hydrogen) atoms. The van der Waals surface area contributed by atoms with Crippen molar-refractivity contribution in [3.05, 3.63) is 29.6 Å². The van der Waals surface area contributed by atoms with Gasteiger partial charge in [0.2, 0.25) is 0 Å². The molecule has 3 nitrogen and oxygen atoms in total. The topological polar surface area (TPSA) is 39.1 Å². The molecule has 2 rings (SSSR count). The summed E-state index contributed by atoms with van der Waals surface area (Å²) >= 11 is 0. The van der Waals surface area contributed by atoms with E-state index in [9.17, 15) is 4.39 Å². The molecule has 0 bridgehead atoms. The summed E-state index contributed by atoms with van der Waals surface area (Å²) in [6.07, 6.45) is 3.29. The largest absolute Gasteiger partial charge is 0.381 e. The molecular weight excluding hydrogens is 229 g/mol. The highest BCUT2D eigenvalue weighted by Crippen LogP contribution is 2.20. The maximum absolute atomic E-state index is 13.0. The molecule has 0 saturated carbocycles. The predicted octanol–water partition coefficient (Wildman–Crippen LogP) is 2.59. The van der Waals surface area contributed by atoms with Crippen LogP contribution in [0.15, 0.2) is 18.2 Å². The highest BCUT2D eigenvalue weighted by Gasteiger charge is 2.15. The van der Waals surface area contributed by atoms with Crippen molar-refractivity contribution in [1.82, 2.24) is 4.90 Å². The van der Waals surface area contributed by atoms with Gasteiger partial charge in [0.25, 0.3) is 0 Å². The zero-order valence-corrected chi connectivity index (χ0v) is 10.6. The number of halogens is 1. The molecule has 0 aliphatic carbocycles. The van der Waals surface area contributed by atoms with Crippen LogP contribution in [0.2, 0.25) is 0 Å². The molecule has 1 fully saturated rings. The van der Waals surface area contributed by atoms with Gasteiger partial charge < -0.3 is 10.2 Å². The van der Waals surface area contributed by atoms with Crippen LogP contribution in [-0.2, 0) is 0 Å². The van der Waals surface area contributed by atoms with Crippen molar-refractivity contribution in [3.8, 4) is 6.07 Å². The molecule has 0 spiro atoms. The number of anilines is 1. The average Bonchev–Trinajstić information content (AvgIpc) is 2.56. The lowest BCUT2D eigenvalue weighted by atomic mass is 10.1. The Hall–Kier alpha value is -1.60. The van der Waals surface area contributed by atoms with Crippen LogP contribution in [0.1, 0.15) is 24.8 Å². The highest BCUT2D eigenvalue weighted by atomic mass is 19.1. The van der Waals surface area contributed by atoms with Gasteiger partial charge in [-0.2, -0.15) is 5.26 Å². The molecule has 1 atom stereocenters. The number of likely N-dealkylation sites (tertiary alicyclic amines) is 1. The quantitative estimate of drug-likeness (QED) is 0.873. The van der Waals surface area contributed by atoms with Crippen molar-refractivity contribution >= 4 is 5.69 Å². The van der Waals surface area contributed by atoms with Crippen LogP contribution in [0, 0.1) is 17.1 Å². The summed E-state index contributed by atoms with van der Waals surface area (Å²) in [7, 11) is 2.13. The smallest absolute Gasteiger partial charge is 0.124 e. The third kappa shape index (κ3) is 3.21. The van der Waals surface area contributed by atoms with E-state index >= 15 is 0 Å². The molecule has 1 saturated heterocycles. The van der Waals surface area contributed by atoms with Crippen LogP contribution in [-0.4, -0.2) is 31.1 Å². The van der Waals surface area contributed by atoms with Crippen molar-refractivity contribution < 1.29 is 4.39 Å². The summed E-state index contributed by atoms with van der Waals surface area (Å²) in [4.78, 5) is 2.32. The lowest BCUT2D eigenvalue weighted by Crippen LogP contribution is -2.23.